The summed E-state index contributed by atoms with van der Waals surface area (Å²) in [5.74, 6) is 0.0216. The molecule has 6 nitrogen and oxygen atoms in total. The van der Waals surface area contributed by atoms with Crippen molar-refractivity contribution >= 4 is 27.6 Å². The number of carbonyl (C=O) groups is 1. The van der Waals surface area contributed by atoms with E-state index in [4.69, 9.17) is 10.5 Å². The number of ether oxygens (including phenoxy) is 2. The van der Waals surface area contributed by atoms with Crippen LogP contribution in [0.1, 0.15) is 10.6 Å². The first kappa shape index (κ1) is 13.3. The van der Waals surface area contributed by atoms with Crippen LogP contribution in [0.15, 0.2) is 34.9 Å². The van der Waals surface area contributed by atoms with Crippen molar-refractivity contribution in [3.05, 3.63) is 40.8 Å². The maximum Gasteiger partial charge on any atom is 0.376 e. The summed E-state index contributed by atoms with van der Waals surface area (Å²) in [5.41, 5.74) is 6.28. The number of aromatic nitrogens is 2. The van der Waals surface area contributed by atoms with Gasteiger partial charge in [0, 0.05) is 18.0 Å². The summed E-state index contributed by atoms with van der Waals surface area (Å²) < 4.78 is 10.7. The molecule has 0 radical (unpaired) electrons. The van der Waals surface area contributed by atoms with Gasteiger partial charge in [0.1, 0.15) is 5.75 Å². The van der Waals surface area contributed by atoms with Crippen LogP contribution < -0.4 is 10.5 Å². The van der Waals surface area contributed by atoms with E-state index >= 15 is 0 Å². The third-order valence-electron chi connectivity index (χ3n) is 2.21. The Bertz CT molecular complexity index is 619. The molecule has 2 rings (SSSR count). The normalized spacial score (nSPS) is 10.0. The van der Waals surface area contributed by atoms with E-state index in [0.717, 1.165) is 0 Å². The van der Waals surface area contributed by atoms with E-state index in [1.807, 2.05) is 0 Å². The first-order valence-corrected chi connectivity index (χ1v) is 6.04. The van der Waals surface area contributed by atoms with E-state index < -0.39 is 5.97 Å². The standard InChI is InChI=1S/C12H10BrN3O3/c1-18-12(17)11-15-6-5-9(16-11)19-8-4-2-3-7(14)10(8)13/h2-6H,14H2,1H3. The number of hydrogen-bond acceptors (Lipinski definition) is 6. The zero-order chi connectivity index (χ0) is 13.8. The molecule has 0 spiro atoms. The Hall–Kier alpha value is -2.15. The Morgan fingerprint density at radius 1 is 1.37 bits per heavy atom. The second kappa shape index (κ2) is 5.66. The number of halogens is 1. The van der Waals surface area contributed by atoms with Crippen LogP contribution >= 0.6 is 15.9 Å². The van der Waals surface area contributed by atoms with Crippen LogP contribution in [0.5, 0.6) is 11.6 Å². The maximum atomic E-state index is 11.3. The van der Waals surface area contributed by atoms with Gasteiger partial charge in [0.05, 0.1) is 11.6 Å². The lowest BCUT2D eigenvalue weighted by atomic mass is 10.3. The van der Waals surface area contributed by atoms with Gasteiger partial charge in [-0.15, -0.1) is 0 Å². The van der Waals surface area contributed by atoms with Crippen LogP contribution in [-0.4, -0.2) is 23.0 Å². The summed E-state index contributed by atoms with van der Waals surface area (Å²) in [4.78, 5) is 19.0. The van der Waals surface area contributed by atoms with Crippen molar-refractivity contribution in [3.63, 3.8) is 0 Å². The van der Waals surface area contributed by atoms with E-state index in [0.29, 0.717) is 15.9 Å². The highest BCUT2D eigenvalue weighted by Crippen LogP contribution is 2.32. The fraction of sp³-hybridized carbons (Fsp3) is 0.0833. The van der Waals surface area contributed by atoms with Gasteiger partial charge in [0.25, 0.3) is 0 Å². The molecule has 0 unspecified atom stereocenters. The Morgan fingerprint density at radius 3 is 2.89 bits per heavy atom. The van der Waals surface area contributed by atoms with Crippen LogP contribution in [0.25, 0.3) is 0 Å². The number of methoxy groups -OCH3 is 1. The minimum Gasteiger partial charge on any atom is -0.463 e. The second-order valence-electron chi connectivity index (χ2n) is 3.47. The summed E-state index contributed by atoms with van der Waals surface area (Å²) in [6.07, 6.45) is 1.41. The van der Waals surface area contributed by atoms with Crippen molar-refractivity contribution < 1.29 is 14.3 Å². The molecule has 0 saturated carbocycles. The molecule has 0 saturated heterocycles. The molecule has 0 bridgehead atoms. The number of rotatable bonds is 3. The molecule has 2 aromatic rings. The summed E-state index contributed by atoms with van der Waals surface area (Å²) in [6, 6.07) is 6.73. The quantitative estimate of drug-likeness (QED) is 0.689. The van der Waals surface area contributed by atoms with Gasteiger partial charge in [-0.25, -0.2) is 9.78 Å². The topological polar surface area (TPSA) is 87.3 Å². The van der Waals surface area contributed by atoms with Gasteiger partial charge in [-0.05, 0) is 28.1 Å². The minimum absolute atomic E-state index is 0.0694. The Kier molecular flexibility index (Phi) is 3.96. The molecule has 1 aromatic carbocycles. The number of carbonyl (C=O) groups excluding carboxylic acids is 1. The number of nitrogens with zero attached hydrogens (tertiary/aromatic N) is 2. The molecule has 7 heteroatoms. The van der Waals surface area contributed by atoms with Crippen molar-refractivity contribution in [2.75, 3.05) is 12.8 Å². The van der Waals surface area contributed by atoms with Crippen LogP contribution in [-0.2, 0) is 4.74 Å². The van der Waals surface area contributed by atoms with Crippen LogP contribution in [0.2, 0.25) is 0 Å². The molecule has 0 amide bonds. The van der Waals surface area contributed by atoms with E-state index in [-0.39, 0.29) is 11.7 Å². The molecule has 0 aliphatic heterocycles. The van der Waals surface area contributed by atoms with Crippen LogP contribution in [0, 0.1) is 0 Å². The van der Waals surface area contributed by atoms with Gasteiger partial charge < -0.3 is 15.2 Å². The van der Waals surface area contributed by atoms with E-state index in [2.05, 4.69) is 30.6 Å². The van der Waals surface area contributed by atoms with Crippen LogP contribution in [0.4, 0.5) is 5.69 Å². The lowest BCUT2D eigenvalue weighted by Crippen LogP contribution is -2.07. The Labute approximate surface area is 117 Å². The van der Waals surface area contributed by atoms with Crippen molar-refractivity contribution in [1.29, 1.82) is 0 Å². The average Bonchev–Trinajstić information content (AvgIpc) is 2.43. The highest BCUT2D eigenvalue weighted by molar-refractivity contribution is 9.10. The lowest BCUT2D eigenvalue weighted by Gasteiger charge is -2.08. The van der Waals surface area contributed by atoms with Gasteiger partial charge in [0.2, 0.25) is 11.7 Å². The first-order chi connectivity index (χ1) is 9.11. The molecular formula is C12H10BrN3O3. The Morgan fingerprint density at radius 2 is 2.16 bits per heavy atom. The number of anilines is 1. The highest BCUT2D eigenvalue weighted by atomic mass is 79.9. The molecule has 0 fully saturated rings. The predicted molar refractivity (Wildman–Crippen MR) is 72.0 cm³/mol. The van der Waals surface area contributed by atoms with Gasteiger partial charge >= 0.3 is 5.97 Å². The van der Waals surface area contributed by atoms with Crippen molar-refractivity contribution in [2.45, 2.75) is 0 Å². The van der Waals surface area contributed by atoms with Gasteiger partial charge in [-0.3, -0.25) is 0 Å². The summed E-state index contributed by atoms with van der Waals surface area (Å²) in [7, 11) is 1.26. The summed E-state index contributed by atoms with van der Waals surface area (Å²) >= 11 is 3.31. The van der Waals surface area contributed by atoms with Gasteiger partial charge in [-0.2, -0.15) is 4.98 Å². The molecule has 0 atom stereocenters. The maximum absolute atomic E-state index is 11.3. The summed E-state index contributed by atoms with van der Waals surface area (Å²) in [6.45, 7) is 0. The van der Waals surface area contributed by atoms with Crippen LogP contribution in [0.3, 0.4) is 0 Å². The largest absolute Gasteiger partial charge is 0.463 e. The fourth-order valence-electron chi connectivity index (χ4n) is 1.31. The van der Waals surface area contributed by atoms with E-state index in [9.17, 15) is 4.79 Å². The smallest absolute Gasteiger partial charge is 0.376 e. The number of hydrogen-bond donors (Lipinski definition) is 1. The second-order valence-corrected chi connectivity index (χ2v) is 4.26. The van der Waals surface area contributed by atoms with Crippen molar-refractivity contribution in [2.24, 2.45) is 0 Å². The minimum atomic E-state index is -0.628. The predicted octanol–water partition coefficient (Wildman–Crippen LogP) is 2.40. The molecular weight excluding hydrogens is 314 g/mol. The summed E-state index contributed by atoms with van der Waals surface area (Å²) in [5, 5.41) is 0. The number of nitrogen functional groups attached to an aromatic ring is 1. The van der Waals surface area contributed by atoms with Gasteiger partial charge in [0.15, 0.2) is 0 Å². The zero-order valence-electron chi connectivity index (χ0n) is 9.96. The number of nitrogens with two attached hydrogens (primary N) is 1. The van der Waals surface area contributed by atoms with Crippen molar-refractivity contribution in [3.8, 4) is 11.6 Å². The molecule has 2 N–H and O–H groups in total. The SMILES string of the molecule is COC(=O)c1nccc(Oc2cccc(N)c2Br)n1. The Balaban J connectivity index is 2.28. The molecule has 19 heavy (non-hydrogen) atoms. The lowest BCUT2D eigenvalue weighted by molar-refractivity contribution is 0.0585. The molecule has 0 aliphatic rings. The monoisotopic (exact) mass is 323 g/mol. The van der Waals surface area contributed by atoms with Gasteiger partial charge in [-0.1, -0.05) is 6.07 Å². The zero-order valence-corrected chi connectivity index (χ0v) is 11.5. The fourth-order valence-corrected chi connectivity index (χ4v) is 1.65. The first-order valence-electron chi connectivity index (χ1n) is 5.25. The van der Waals surface area contributed by atoms with E-state index in [1.165, 1.54) is 19.4 Å². The number of benzene rings is 1. The van der Waals surface area contributed by atoms with Crippen molar-refractivity contribution in [1.82, 2.24) is 9.97 Å². The molecule has 98 valence electrons. The molecule has 1 aromatic heterocycles. The van der Waals surface area contributed by atoms with E-state index in [1.54, 1.807) is 18.2 Å². The third kappa shape index (κ3) is 3.00. The molecule has 1 heterocycles. The average molecular weight is 324 g/mol. The number of esters is 1. The molecule has 0 aliphatic carbocycles. The third-order valence-corrected chi connectivity index (χ3v) is 3.05. The highest BCUT2D eigenvalue weighted by Gasteiger charge is 2.12.